The summed E-state index contributed by atoms with van der Waals surface area (Å²) in [6.45, 7) is 2.18. The van der Waals surface area contributed by atoms with E-state index in [-0.39, 0.29) is 18.5 Å². The van der Waals surface area contributed by atoms with Gasteiger partial charge in [-0.15, -0.1) is 10.2 Å². The molecule has 8 nitrogen and oxygen atoms in total. The Morgan fingerprint density at radius 2 is 2.08 bits per heavy atom. The number of carbonyl (C=O) groups excluding carboxylic acids is 1. The minimum Gasteiger partial charge on any atom is -0.331 e. The first kappa shape index (κ1) is 16.3. The van der Waals surface area contributed by atoms with Crippen molar-refractivity contribution in [3.63, 3.8) is 0 Å². The Kier molecular flexibility index (Phi) is 4.65. The zero-order valence-corrected chi connectivity index (χ0v) is 14.2. The minimum absolute atomic E-state index is 0.0302. The average Bonchev–Trinajstić information content (AvgIpc) is 3.18. The van der Waals surface area contributed by atoms with E-state index >= 15 is 0 Å². The van der Waals surface area contributed by atoms with Gasteiger partial charge in [-0.3, -0.25) is 9.78 Å². The highest BCUT2D eigenvalue weighted by Gasteiger charge is 2.28. The SMILES string of the molecule is O=C(Cn1nnc(-c2ccccc2)n1)N1CCNCC1c1cccnc1. The molecule has 4 rings (SSSR count). The van der Waals surface area contributed by atoms with E-state index in [0.717, 1.165) is 17.7 Å². The highest BCUT2D eigenvalue weighted by molar-refractivity contribution is 5.76. The van der Waals surface area contributed by atoms with Crippen molar-refractivity contribution in [1.82, 2.24) is 35.4 Å². The van der Waals surface area contributed by atoms with E-state index in [2.05, 4.69) is 25.7 Å². The van der Waals surface area contributed by atoms with E-state index in [1.165, 1.54) is 4.80 Å². The molecule has 0 saturated carbocycles. The Hall–Kier alpha value is -3.13. The predicted octanol–water partition coefficient (Wildman–Crippen LogP) is 0.908. The van der Waals surface area contributed by atoms with Crippen LogP contribution in [0.25, 0.3) is 11.4 Å². The van der Waals surface area contributed by atoms with Crippen molar-refractivity contribution in [1.29, 1.82) is 0 Å². The predicted molar refractivity (Wildman–Crippen MR) is 94.8 cm³/mol. The van der Waals surface area contributed by atoms with Crippen LogP contribution in [-0.4, -0.2) is 55.6 Å². The smallest absolute Gasteiger partial charge is 0.246 e. The summed E-state index contributed by atoms with van der Waals surface area (Å²) in [6, 6.07) is 13.4. The molecule has 1 atom stereocenters. The molecule has 0 spiro atoms. The number of nitrogens with zero attached hydrogens (tertiary/aromatic N) is 6. The van der Waals surface area contributed by atoms with Crippen LogP contribution in [0.2, 0.25) is 0 Å². The molecule has 0 aliphatic carbocycles. The first-order valence-electron chi connectivity index (χ1n) is 8.54. The average molecular weight is 349 g/mol. The number of hydrogen-bond donors (Lipinski definition) is 1. The first-order chi connectivity index (χ1) is 12.8. The zero-order valence-electron chi connectivity index (χ0n) is 14.2. The molecule has 1 aliphatic rings. The van der Waals surface area contributed by atoms with Crippen molar-refractivity contribution in [2.45, 2.75) is 12.6 Å². The van der Waals surface area contributed by atoms with Gasteiger partial charge in [-0.1, -0.05) is 36.4 Å². The fourth-order valence-corrected chi connectivity index (χ4v) is 3.10. The van der Waals surface area contributed by atoms with Gasteiger partial charge in [-0.25, -0.2) is 0 Å². The van der Waals surface area contributed by atoms with Crippen molar-refractivity contribution in [2.24, 2.45) is 0 Å². The second kappa shape index (κ2) is 7.40. The lowest BCUT2D eigenvalue weighted by Crippen LogP contribution is -2.49. The Labute approximate surface area is 150 Å². The number of nitrogens with one attached hydrogen (secondary N) is 1. The van der Waals surface area contributed by atoms with Gasteiger partial charge in [0.1, 0.15) is 6.54 Å². The largest absolute Gasteiger partial charge is 0.331 e. The summed E-state index contributed by atoms with van der Waals surface area (Å²) in [7, 11) is 0. The van der Waals surface area contributed by atoms with Gasteiger partial charge in [-0.05, 0) is 16.8 Å². The monoisotopic (exact) mass is 349 g/mol. The normalized spacial score (nSPS) is 17.2. The van der Waals surface area contributed by atoms with Gasteiger partial charge in [0.15, 0.2) is 0 Å². The first-order valence-corrected chi connectivity index (χ1v) is 8.54. The van der Waals surface area contributed by atoms with Crippen LogP contribution in [0.1, 0.15) is 11.6 Å². The molecular weight excluding hydrogens is 330 g/mol. The Morgan fingerprint density at radius 1 is 1.19 bits per heavy atom. The maximum atomic E-state index is 12.8. The number of rotatable bonds is 4. The number of pyridine rings is 1. The molecule has 3 heterocycles. The molecule has 1 saturated heterocycles. The van der Waals surface area contributed by atoms with Crippen LogP contribution in [-0.2, 0) is 11.3 Å². The lowest BCUT2D eigenvalue weighted by Gasteiger charge is -2.36. The molecule has 1 unspecified atom stereocenters. The summed E-state index contributed by atoms with van der Waals surface area (Å²) >= 11 is 0. The standard InChI is InChI=1S/C18H19N7O/c26-17(13-25-22-18(21-23-25)14-5-2-1-3-6-14)24-10-9-20-12-16(24)15-7-4-8-19-11-15/h1-8,11,16,20H,9-10,12-13H2. The Bertz CT molecular complexity index is 866. The van der Waals surface area contributed by atoms with Crippen molar-refractivity contribution in [3.05, 3.63) is 60.4 Å². The van der Waals surface area contributed by atoms with Crippen LogP contribution in [0.4, 0.5) is 0 Å². The summed E-state index contributed by atoms with van der Waals surface area (Å²) < 4.78 is 0. The summed E-state index contributed by atoms with van der Waals surface area (Å²) in [6.07, 6.45) is 3.54. The molecule has 3 aromatic rings. The van der Waals surface area contributed by atoms with Crippen LogP contribution in [0.15, 0.2) is 54.9 Å². The van der Waals surface area contributed by atoms with Gasteiger partial charge in [0.2, 0.25) is 11.7 Å². The fraction of sp³-hybridized carbons (Fsp3) is 0.278. The number of tetrazole rings is 1. The fourth-order valence-electron chi connectivity index (χ4n) is 3.10. The molecule has 1 N–H and O–H groups in total. The lowest BCUT2D eigenvalue weighted by molar-refractivity contribution is -0.135. The molecule has 1 aliphatic heterocycles. The molecular formula is C18H19N7O. The molecule has 0 bridgehead atoms. The topological polar surface area (TPSA) is 88.8 Å². The number of aromatic nitrogens is 5. The quantitative estimate of drug-likeness (QED) is 0.753. The van der Waals surface area contributed by atoms with E-state index in [4.69, 9.17) is 0 Å². The van der Waals surface area contributed by atoms with E-state index in [0.29, 0.717) is 18.9 Å². The van der Waals surface area contributed by atoms with Crippen molar-refractivity contribution in [3.8, 4) is 11.4 Å². The van der Waals surface area contributed by atoms with E-state index in [9.17, 15) is 4.79 Å². The molecule has 8 heteroatoms. The third kappa shape index (κ3) is 3.45. The van der Waals surface area contributed by atoms with Crippen molar-refractivity contribution in [2.75, 3.05) is 19.6 Å². The third-order valence-corrected chi connectivity index (χ3v) is 4.39. The molecule has 132 valence electrons. The number of carbonyl (C=O) groups is 1. The van der Waals surface area contributed by atoms with E-state index in [1.807, 2.05) is 47.4 Å². The number of benzene rings is 1. The van der Waals surface area contributed by atoms with Crippen LogP contribution >= 0.6 is 0 Å². The summed E-state index contributed by atoms with van der Waals surface area (Å²) in [5.41, 5.74) is 1.89. The van der Waals surface area contributed by atoms with Gasteiger partial charge < -0.3 is 10.2 Å². The van der Waals surface area contributed by atoms with E-state index < -0.39 is 0 Å². The second-order valence-corrected chi connectivity index (χ2v) is 6.10. The van der Waals surface area contributed by atoms with Gasteiger partial charge in [0.25, 0.3) is 0 Å². The summed E-state index contributed by atoms with van der Waals surface area (Å²) in [4.78, 5) is 20.2. The third-order valence-electron chi connectivity index (χ3n) is 4.39. The molecule has 1 aromatic carbocycles. The van der Waals surface area contributed by atoms with Gasteiger partial charge in [0, 0.05) is 37.6 Å². The van der Waals surface area contributed by atoms with Gasteiger partial charge in [0.05, 0.1) is 6.04 Å². The van der Waals surface area contributed by atoms with E-state index in [1.54, 1.807) is 12.4 Å². The molecule has 1 amide bonds. The Morgan fingerprint density at radius 3 is 2.88 bits per heavy atom. The Balaban J connectivity index is 1.49. The van der Waals surface area contributed by atoms with Crippen LogP contribution < -0.4 is 5.32 Å². The molecule has 1 fully saturated rings. The highest BCUT2D eigenvalue weighted by atomic mass is 16.2. The number of amides is 1. The number of piperazine rings is 1. The molecule has 26 heavy (non-hydrogen) atoms. The van der Waals surface area contributed by atoms with Crippen LogP contribution in [0.3, 0.4) is 0 Å². The summed E-state index contributed by atoms with van der Waals surface area (Å²) in [5, 5.41) is 15.7. The second-order valence-electron chi connectivity index (χ2n) is 6.10. The molecule has 2 aromatic heterocycles. The molecule has 0 radical (unpaired) electrons. The highest BCUT2D eigenvalue weighted by Crippen LogP contribution is 2.21. The van der Waals surface area contributed by atoms with Crippen LogP contribution in [0.5, 0.6) is 0 Å². The van der Waals surface area contributed by atoms with Gasteiger partial charge >= 0.3 is 0 Å². The maximum absolute atomic E-state index is 12.8. The maximum Gasteiger partial charge on any atom is 0.246 e. The van der Waals surface area contributed by atoms with Gasteiger partial charge in [-0.2, -0.15) is 4.80 Å². The van der Waals surface area contributed by atoms with Crippen molar-refractivity contribution < 1.29 is 4.79 Å². The lowest BCUT2D eigenvalue weighted by atomic mass is 10.1. The van der Waals surface area contributed by atoms with Crippen molar-refractivity contribution >= 4 is 5.91 Å². The zero-order chi connectivity index (χ0) is 17.8. The minimum atomic E-state index is -0.0398. The summed E-state index contributed by atoms with van der Waals surface area (Å²) in [5.74, 6) is 0.486. The van der Waals surface area contributed by atoms with Crippen LogP contribution in [0, 0.1) is 0 Å². The number of hydrogen-bond acceptors (Lipinski definition) is 6.